The van der Waals surface area contributed by atoms with E-state index in [1.807, 2.05) is 6.20 Å². The number of allylic oxidation sites excluding steroid dienone is 4. The number of hydrogen-bond donors (Lipinski definition) is 2. The van der Waals surface area contributed by atoms with Gasteiger partial charge in [0.1, 0.15) is 0 Å². The Morgan fingerprint density at radius 1 is 1.32 bits per heavy atom. The Morgan fingerprint density at radius 2 is 2.21 bits per heavy atom. The number of aryl methyl sites for hydroxylation is 1. The van der Waals surface area contributed by atoms with Crippen LogP contribution in [0.15, 0.2) is 42.3 Å². The molecular formula is C17H20N2. The van der Waals surface area contributed by atoms with Crippen molar-refractivity contribution in [2.24, 2.45) is 0 Å². The molecule has 1 aliphatic heterocycles. The zero-order valence-electron chi connectivity index (χ0n) is 11.4. The van der Waals surface area contributed by atoms with Crippen molar-refractivity contribution in [3.63, 3.8) is 0 Å². The van der Waals surface area contributed by atoms with Gasteiger partial charge in [-0.2, -0.15) is 0 Å². The molecular weight excluding hydrogens is 232 g/mol. The third-order valence-electron chi connectivity index (χ3n) is 3.89. The first kappa shape index (κ1) is 12.1. The summed E-state index contributed by atoms with van der Waals surface area (Å²) in [5, 5.41) is 3.25. The van der Waals surface area contributed by atoms with Gasteiger partial charge in [0.2, 0.25) is 0 Å². The first-order valence-electron chi connectivity index (χ1n) is 7.05. The van der Waals surface area contributed by atoms with Gasteiger partial charge in [0.25, 0.3) is 0 Å². The van der Waals surface area contributed by atoms with E-state index in [4.69, 9.17) is 5.73 Å². The maximum atomic E-state index is 6.37. The molecule has 3 N–H and O–H groups in total. The van der Waals surface area contributed by atoms with Gasteiger partial charge >= 0.3 is 0 Å². The van der Waals surface area contributed by atoms with Crippen LogP contribution in [0.2, 0.25) is 0 Å². The van der Waals surface area contributed by atoms with Crippen molar-refractivity contribution in [2.45, 2.75) is 32.6 Å². The molecule has 3 rings (SSSR count). The third-order valence-corrected chi connectivity index (χ3v) is 3.89. The minimum atomic E-state index is 0.976. The lowest BCUT2D eigenvalue weighted by atomic mass is 9.96. The molecule has 0 amide bonds. The summed E-state index contributed by atoms with van der Waals surface area (Å²) in [5.41, 5.74) is 13.7. The van der Waals surface area contributed by atoms with Gasteiger partial charge in [0, 0.05) is 23.1 Å². The highest BCUT2D eigenvalue weighted by Crippen LogP contribution is 2.34. The van der Waals surface area contributed by atoms with Crippen molar-refractivity contribution < 1.29 is 0 Å². The van der Waals surface area contributed by atoms with Crippen LogP contribution in [-0.4, -0.2) is 0 Å². The number of nitrogens with one attached hydrogen (secondary N) is 1. The summed E-state index contributed by atoms with van der Waals surface area (Å²) in [7, 11) is 0. The van der Waals surface area contributed by atoms with E-state index in [2.05, 4.69) is 42.6 Å². The second kappa shape index (κ2) is 4.96. The zero-order chi connectivity index (χ0) is 13.2. The molecule has 2 aliphatic rings. The number of hydrogen-bond acceptors (Lipinski definition) is 2. The fraction of sp³-hybridized carbons (Fsp3) is 0.294. The summed E-state index contributed by atoms with van der Waals surface area (Å²) < 4.78 is 0. The first-order valence-corrected chi connectivity index (χ1v) is 7.05. The lowest BCUT2D eigenvalue weighted by Crippen LogP contribution is -2.08. The monoisotopic (exact) mass is 252 g/mol. The van der Waals surface area contributed by atoms with Gasteiger partial charge in [0.15, 0.2) is 0 Å². The van der Waals surface area contributed by atoms with Gasteiger partial charge in [-0.15, -0.1) is 0 Å². The second-order valence-electron chi connectivity index (χ2n) is 5.16. The SMILES string of the molecule is CC/C=C1/C=C(c2ccc3c(c2N)CCC3)C=CN1. The molecule has 19 heavy (non-hydrogen) atoms. The highest BCUT2D eigenvalue weighted by atomic mass is 14.8. The average Bonchev–Trinajstić information content (AvgIpc) is 2.89. The molecule has 1 heterocycles. The largest absolute Gasteiger partial charge is 0.398 e. The molecule has 0 saturated carbocycles. The maximum absolute atomic E-state index is 6.37. The minimum Gasteiger partial charge on any atom is -0.398 e. The van der Waals surface area contributed by atoms with Crippen molar-refractivity contribution in [2.75, 3.05) is 5.73 Å². The maximum Gasteiger partial charge on any atom is 0.0429 e. The van der Waals surface area contributed by atoms with E-state index in [1.54, 1.807) is 0 Å². The van der Waals surface area contributed by atoms with Gasteiger partial charge in [-0.05, 0) is 54.5 Å². The molecule has 0 unspecified atom stereocenters. The summed E-state index contributed by atoms with van der Waals surface area (Å²) in [6.45, 7) is 2.14. The van der Waals surface area contributed by atoms with E-state index in [9.17, 15) is 0 Å². The Morgan fingerprint density at radius 3 is 3.05 bits per heavy atom. The third kappa shape index (κ3) is 2.19. The molecule has 2 nitrogen and oxygen atoms in total. The number of rotatable bonds is 2. The number of dihydropyridines is 1. The van der Waals surface area contributed by atoms with Gasteiger partial charge < -0.3 is 11.1 Å². The van der Waals surface area contributed by atoms with Crippen molar-refractivity contribution in [3.05, 3.63) is 58.9 Å². The van der Waals surface area contributed by atoms with Crippen molar-refractivity contribution >= 4 is 11.3 Å². The first-order chi connectivity index (χ1) is 9.29. The molecule has 0 spiro atoms. The van der Waals surface area contributed by atoms with Gasteiger partial charge in [-0.3, -0.25) is 0 Å². The summed E-state index contributed by atoms with van der Waals surface area (Å²) in [4.78, 5) is 0. The lowest BCUT2D eigenvalue weighted by Gasteiger charge is -2.15. The molecule has 0 atom stereocenters. The normalized spacial score (nSPS) is 19.2. The van der Waals surface area contributed by atoms with Crippen molar-refractivity contribution in [3.8, 4) is 0 Å². The predicted molar refractivity (Wildman–Crippen MR) is 81.5 cm³/mol. The number of fused-ring (bicyclic) bond motifs is 1. The minimum absolute atomic E-state index is 0.976. The molecule has 1 aromatic carbocycles. The van der Waals surface area contributed by atoms with E-state index in [0.29, 0.717) is 0 Å². The van der Waals surface area contributed by atoms with Crippen LogP contribution in [0.1, 0.15) is 36.5 Å². The molecule has 0 saturated heterocycles. The van der Waals surface area contributed by atoms with E-state index < -0.39 is 0 Å². The zero-order valence-corrected chi connectivity index (χ0v) is 11.4. The quantitative estimate of drug-likeness (QED) is 0.790. The van der Waals surface area contributed by atoms with Gasteiger partial charge in [0.05, 0.1) is 0 Å². The molecule has 98 valence electrons. The standard InChI is InChI=1S/C17H20N2/c1-2-4-14-11-13(9-10-19-14)16-8-7-12-5-3-6-15(12)17(16)18/h4,7-11,19H,2-3,5-6,18H2,1H3/b14-4-. The van der Waals surface area contributed by atoms with Crippen LogP contribution in [-0.2, 0) is 12.8 Å². The second-order valence-corrected chi connectivity index (χ2v) is 5.16. The lowest BCUT2D eigenvalue weighted by molar-refractivity contribution is 0.912. The molecule has 1 aliphatic carbocycles. The van der Waals surface area contributed by atoms with Gasteiger partial charge in [-0.1, -0.05) is 25.1 Å². The number of anilines is 1. The number of nitrogens with two attached hydrogens (primary N) is 1. The molecule has 0 aromatic heterocycles. The summed E-state index contributed by atoms with van der Waals surface area (Å²) in [6.07, 6.45) is 13.0. The summed E-state index contributed by atoms with van der Waals surface area (Å²) >= 11 is 0. The predicted octanol–water partition coefficient (Wildman–Crippen LogP) is 3.55. The Hall–Kier alpha value is -1.96. The Kier molecular flexibility index (Phi) is 3.16. The fourth-order valence-electron chi connectivity index (χ4n) is 2.94. The van der Waals surface area contributed by atoms with E-state index in [-0.39, 0.29) is 0 Å². The van der Waals surface area contributed by atoms with Crippen LogP contribution < -0.4 is 11.1 Å². The Labute approximate surface area is 114 Å². The van der Waals surface area contributed by atoms with Crippen LogP contribution >= 0.6 is 0 Å². The van der Waals surface area contributed by atoms with Crippen LogP contribution in [0, 0.1) is 0 Å². The van der Waals surface area contributed by atoms with Gasteiger partial charge in [-0.25, -0.2) is 0 Å². The highest BCUT2D eigenvalue weighted by Gasteiger charge is 2.17. The van der Waals surface area contributed by atoms with E-state index in [0.717, 1.165) is 24.2 Å². The van der Waals surface area contributed by atoms with Crippen LogP contribution in [0.4, 0.5) is 5.69 Å². The molecule has 1 aromatic rings. The van der Waals surface area contributed by atoms with Crippen molar-refractivity contribution in [1.82, 2.24) is 5.32 Å². The summed E-state index contributed by atoms with van der Waals surface area (Å²) in [6, 6.07) is 4.42. The van der Waals surface area contributed by atoms with E-state index in [1.165, 1.54) is 35.1 Å². The number of benzene rings is 1. The number of nitrogen functional groups attached to an aromatic ring is 1. The Balaban J connectivity index is 2.03. The fourth-order valence-corrected chi connectivity index (χ4v) is 2.94. The Bertz CT molecular complexity index is 592. The molecule has 0 radical (unpaired) electrons. The van der Waals surface area contributed by atoms with E-state index >= 15 is 0 Å². The van der Waals surface area contributed by atoms with Crippen LogP contribution in [0.25, 0.3) is 5.57 Å². The molecule has 2 heteroatoms. The molecule has 0 fully saturated rings. The smallest absolute Gasteiger partial charge is 0.0429 e. The molecule has 0 bridgehead atoms. The highest BCUT2D eigenvalue weighted by molar-refractivity contribution is 5.85. The average molecular weight is 252 g/mol. The topological polar surface area (TPSA) is 38.0 Å². The van der Waals surface area contributed by atoms with Crippen LogP contribution in [0.3, 0.4) is 0 Å². The van der Waals surface area contributed by atoms with Crippen molar-refractivity contribution in [1.29, 1.82) is 0 Å². The summed E-state index contributed by atoms with van der Waals surface area (Å²) in [5.74, 6) is 0. The van der Waals surface area contributed by atoms with Crippen LogP contribution in [0.5, 0.6) is 0 Å².